The topological polar surface area (TPSA) is 66.9 Å². The summed E-state index contributed by atoms with van der Waals surface area (Å²) in [5.41, 5.74) is 3.36. The second kappa shape index (κ2) is 5.93. The third-order valence-electron chi connectivity index (χ3n) is 3.50. The summed E-state index contributed by atoms with van der Waals surface area (Å²) in [5.74, 6) is 0.287. The number of nitrogens with zero attached hydrogens (tertiary/aromatic N) is 2. The van der Waals surface area contributed by atoms with E-state index in [-0.39, 0.29) is 5.91 Å². The molecule has 22 heavy (non-hydrogen) atoms. The minimum atomic E-state index is -0.126. The third-order valence-corrected chi connectivity index (χ3v) is 3.79. The van der Waals surface area contributed by atoms with Crippen molar-refractivity contribution in [2.45, 2.75) is 32.7 Å². The normalized spacial score (nSPS) is 13.8. The summed E-state index contributed by atoms with van der Waals surface area (Å²) >= 11 is 6.25. The molecule has 1 heterocycles. The van der Waals surface area contributed by atoms with Gasteiger partial charge in [-0.3, -0.25) is 4.79 Å². The number of aromatic nitrogens is 2. The van der Waals surface area contributed by atoms with E-state index in [4.69, 9.17) is 11.6 Å². The van der Waals surface area contributed by atoms with Crippen LogP contribution in [0.15, 0.2) is 24.5 Å². The van der Waals surface area contributed by atoms with Gasteiger partial charge in [-0.05, 0) is 43.9 Å². The number of rotatable bonds is 4. The van der Waals surface area contributed by atoms with Crippen molar-refractivity contribution in [1.29, 1.82) is 0 Å². The molecule has 1 aliphatic rings. The first-order valence-electron chi connectivity index (χ1n) is 7.19. The molecule has 1 amide bonds. The second-order valence-electron chi connectivity index (χ2n) is 5.61. The van der Waals surface area contributed by atoms with E-state index in [1.54, 1.807) is 0 Å². The maximum absolute atomic E-state index is 11.9. The number of carbonyl (C=O) groups excluding carboxylic acids is 1. The summed E-state index contributed by atoms with van der Waals surface area (Å²) in [6.07, 6.45) is 5.14. The van der Waals surface area contributed by atoms with Crippen LogP contribution in [0.1, 0.15) is 34.3 Å². The molecule has 0 atom stereocenters. The fourth-order valence-corrected chi connectivity index (χ4v) is 2.56. The number of carbonyl (C=O) groups is 1. The smallest absolute Gasteiger partial charge is 0.254 e. The highest BCUT2D eigenvalue weighted by atomic mass is 35.5. The van der Waals surface area contributed by atoms with E-state index in [0.29, 0.717) is 22.6 Å². The van der Waals surface area contributed by atoms with Crippen LogP contribution in [-0.4, -0.2) is 21.9 Å². The molecule has 2 N–H and O–H groups in total. The number of aryl methyl sites for hydroxylation is 2. The quantitative estimate of drug-likeness (QED) is 0.907. The molecule has 114 valence electrons. The minimum absolute atomic E-state index is 0.126. The van der Waals surface area contributed by atoms with Crippen molar-refractivity contribution in [1.82, 2.24) is 15.3 Å². The van der Waals surface area contributed by atoms with Gasteiger partial charge in [-0.2, -0.15) is 0 Å². The highest BCUT2D eigenvalue weighted by Crippen LogP contribution is 2.29. The van der Waals surface area contributed by atoms with Crippen LogP contribution in [0.25, 0.3) is 0 Å². The molecule has 0 bridgehead atoms. The fraction of sp³-hybridized carbons (Fsp3) is 0.312. The second-order valence-corrected chi connectivity index (χ2v) is 6.01. The number of amides is 1. The number of benzene rings is 1. The Morgan fingerprint density at radius 2 is 1.91 bits per heavy atom. The molecule has 1 aliphatic carbocycles. The molecule has 3 rings (SSSR count). The molecule has 0 spiro atoms. The summed E-state index contributed by atoms with van der Waals surface area (Å²) in [6, 6.07) is 4.24. The van der Waals surface area contributed by atoms with Gasteiger partial charge >= 0.3 is 0 Å². The maximum Gasteiger partial charge on any atom is 0.254 e. The Kier molecular flexibility index (Phi) is 3.98. The summed E-state index contributed by atoms with van der Waals surface area (Å²) in [5, 5.41) is 6.63. The molecule has 1 aromatic heterocycles. The van der Waals surface area contributed by atoms with Crippen LogP contribution in [0.4, 0.5) is 11.6 Å². The van der Waals surface area contributed by atoms with E-state index < -0.39 is 0 Å². The zero-order valence-corrected chi connectivity index (χ0v) is 13.2. The number of halogens is 1. The van der Waals surface area contributed by atoms with Crippen LogP contribution in [0.5, 0.6) is 0 Å². The van der Waals surface area contributed by atoms with Crippen LogP contribution in [0.2, 0.25) is 5.02 Å². The number of nitrogens with one attached hydrogen (secondary N) is 2. The lowest BCUT2D eigenvalue weighted by molar-refractivity contribution is 0.0950. The zero-order valence-electron chi connectivity index (χ0n) is 12.5. The number of hydrogen-bond acceptors (Lipinski definition) is 4. The third kappa shape index (κ3) is 3.36. The van der Waals surface area contributed by atoms with Crippen LogP contribution >= 0.6 is 11.6 Å². The monoisotopic (exact) mass is 316 g/mol. The van der Waals surface area contributed by atoms with Crippen molar-refractivity contribution >= 4 is 29.1 Å². The van der Waals surface area contributed by atoms with Gasteiger partial charge in [0.2, 0.25) is 5.95 Å². The number of hydrogen-bond donors (Lipinski definition) is 2. The van der Waals surface area contributed by atoms with E-state index in [1.165, 1.54) is 12.4 Å². The van der Waals surface area contributed by atoms with Crippen LogP contribution in [0, 0.1) is 13.8 Å². The zero-order chi connectivity index (χ0) is 15.7. The molecule has 1 aromatic carbocycles. The lowest BCUT2D eigenvalue weighted by Crippen LogP contribution is -2.25. The molecule has 0 radical (unpaired) electrons. The van der Waals surface area contributed by atoms with Crippen LogP contribution in [0.3, 0.4) is 0 Å². The van der Waals surface area contributed by atoms with E-state index in [2.05, 4.69) is 20.6 Å². The van der Waals surface area contributed by atoms with Gasteiger partial charge in [0, 0.05) is 18.4 Å². The predicted octanol–water partition coefficient (Wildman–Crippen LogP) is 3.38. The first-order chi connectivity index (χ1) is 10.5. The van der Waals surface area contributed by atoms with Gasteiger partial charge < -0.3 is 10.6 Å². The Bertz CT molecular complexity index is 688. The molecular weight excluding hydrogens is 300 g/mol. The summed E-state index contributed by atoms with van der Waals surface area (Å²) in [7, 11) is 0. The van der Waals surface area contributed by atoms with Crippen LogP contribution < -0.4 is 10.6 Å². The maximum atomic E-state index is 11.9. The van der Waals surface area contributed by atoms with Crippen molar-refractivity contribution in [3.05, 3.63) is 46.2 Å². The van der Waals surface area contributed by atoms with Gasteiger partial charge in [0.25, 0.3) is 5.91 Å². The van der Waals surface area contributed by atoms with Crippen molar-refractivity contribution in [2.75, 3.05) is 5.32 Å². The molecule has 0 aliphatic heterocycles. The highest BCUT2D eigenvalue weighted by molar-refractivity contribution is 6.33. The Morgan fingerprint density at radius 3 is 2.50 bits per heavy atom. The van der Waals surface area contributed by atoms with Crippen molar-refractivity contribution in [3.8, 4) is 0 Å². The minimum Gasteiger partial charge on any atom is -0.349 e. The molecule has 6 heteroatoms. The van der Waals surface area contributed by atoms with Gasteiger partial charge in [0.1, 0.15) is 0 Å². The lowest BCUT2D eigenvalue weighted by Gasteiger charge is -2.11. The highest BCUT2D eigenvalue weighted by Gasteiger charge is 2.24. The van der Waals surface area contributed by atoms with E-state index in [9.17, 15) is 4.79 Å². The van der Waals surface area contributed by atoms with Gasteiger partial charge in [-0.25, -0.2) is 9.97 Å². The SMILES string of the molecule is Cc1cc(C)c(Nc2ncc(C(=O)NC3CC3)cn2)c(Cl)c1. The molecule has 0 unspecified atom stereocenters. The van der Waals surface area contributed by atoms with Gasteiger partial charge in [-0.1, -0.05) is 17.7 Å². The molecule has 1 saturated carbocycles. The summed E-state index contributed by atoms with van der Waals surface area (Å²) < 4.78 is 0. The van der Waals surface area contributed by atoms with E-state index in [1.807, 2.05) is 26.0 Å². The standard InChI is InChI=1S/C16H17ClN4O/c1-9-5-10(2)14(13(17)6-9)21-16-18-7-11(8-19-16)15(22)20-12-3-4-12/h5-8,12H,3-4H2,1-2H3,(H,20,22)(H,18,19,21). The van der Waals surface area contributed by atoms with Gasteiger partial charge in [-0.15, -0.1) is 0 Å². The summed E-state index contributed by atoms with van der Waals surface area (Å²) in [6.45, 7) is 3.96. The van der Waals surface area contributed by atoms with Crippen molar-refractivity contribution in [2.24, 2.45) is 0 Å². The molecular formula is C16H17ClN4O. The fourth-order valence-electron chi connectivity index (χ4n) is 2.19. The average Bonchev–Trinajstić information content (AvgIpc) is 3.27. The first-order valence-corrected chi connectivity index (χ1v) is 7.57. The van der Waals surface area contributed by atoms with E-state index in [0.717, 1.165) is 29.7 Å². The first kappa shape index (κ1) is 14.8. The van der Waals surface area contributed by atoms with Crippen molar-refractivity contribution < 1.29 is 4.79 Å². The average molecular weight is 317 g/mol. The van der Waals surface area contributed by atoms with Crippen molar-refractivity contribution in [3.63, 3.8) is 0 Å². The van der Waals surface area contributed by atoms with Gasteiger partial charge in [0.15, 0.2) is 0 Å². The predicted molar refractivity (Wildman–Crippen MR) is 86.7 cm³/mol. The Morgan fingerprint density at radius 1 is 1.23 bits per heavy atom. The Balaban J connectivity index is 1.74. The van der Waals surface area contributed by atoms with E-state index >= 15 is 0 Å². The molecule has 0 saturated heterocycles. The number of anilines is 2. The largest absolute Gasteiger partial charge is 0.349 e. The molecule has 2 aromatic rings. The lowest BCUT2D eigenvalue weighted by atomic mass is 10.1. The molecule has 1 fully saturated rings. The summed E-state index contributed by atoms with van der Waals surface area (Å²) in [4.78, 5) is 20.2. The Hall–Kier alpha value is -2.14. The van der Waals surface area contributed by atoms with Gasteiger partial charge in [0.05, 0.1) is 16.3 Å². The Labute approximate surface area is 134 Å². The molecule has 5 nitrogen and oxygen atoms in total. The van der Waals surface area contributed by atoms with Crippen LogP contribution in [-0.2, 0) is 0 Å².